The van der Waals surface area contributed by atoms with E-state index in [2.05, 4.69) is 0 Å². The fourth-order valence-corrected chi connectivity index (χ4v) is 4.12. The molecule has 162 valence electrons. The number of aliphatic hydroxyl groups excluding tert-OH is 1. The molecule has 0 bridgehead atoms. The Labute approximate surface area is 195 Å². The van der Waals surface area contributed by atoms with Crippen LogP contribution in [0, 0.1) is 0 Å². The number of amides is 1. The number of phenolic OH excluding ortho intramolecular Hbond substituents is 1. The first kappa shape index (κ1) is 21.9. The van der Waals surface area contributed by atoms with Crippen LogP contribution in [-0.4, -0.2) is 33.3 Å². The minimum atomic E-state index is -0.804. The molecule has 32 heavy (non-hydrogen) atoms. The highest BCUT2D eigenvalue weighted by Crippen LogP contribution is 2.40. The van der Waals surface area contributed by atoms with E-state index in [-0.39, 0.29) is 23.6 Å². The monoisotopic (exact) mass is 467 g/mol. The number of nitrogens with zero attached hydrogens (tertiary/aromatic N) is 1. The lowest BCUT2D eigenvalue weighted by Gasteiger charge is -2.25. The second-order valence-electron chi connectivity index (χ2n) is 7.47. The van der Waals surface area contributed by atoms with Crippen LogP contribution in [0.25, 0.3) is 5.76 Å². The number of Topliss-reactive ketones (excluding diaryl/α,β-unsaturated/α-hetero) is 1. The van der Waals surface area contributed by atoms with Gasteiger partial charge >= 0.3 is 0 Å². The average Bonchev–Trinajstić information content (AvgIpc) is 3.03. The fraction of sp³-hybridized carbons (Fsp3) is 0.120. The number of phenols is 1. The van der Waals surface area contributed by atoms with Gasteiger partial charge in [0.2, 0.25) is 0 Å². The van der Waals surface area contributed by atoms with E-state index >= 15 is 0 Å². The summed E-state index contributed by atoms with van der Waals surface area (Å²) < 4.78 is 0. The summed E-state index contributed by atoms with van der Waals surface area (Å²) in [6.07, 6.45) is 0.496. The maximum atomic E-state index is 13.0. The van der Waals surface area contributed by atoms with Gasteiger partial charge in [0.15, 0.2) is 0 Å². The summed E-state index contributed by atoms with van der Waals surface area (Å²) in [7, 11) is 0. The Morgan fingerprint density at radius 1 is 0.906 bits per heavy atom. The Bertz CT molecular complexity index is 1200. The van der Waals surface area contributed by atoms with Gasteiger partial charge in [0.25, 0.3) is 11.7 Å². The second kappa shape index (κ2) is 9.07. The molecule has 3 aromatic rings. The molecule has 1 unspecified atom stereocenters. The van der Waals surface area contributed by atoms with Crippen molar-refractivity contribution in [3.63, 3.8) is 0 Å². The molecular formula is C25H19Cl2NO4. The first-order valence-corrected chi connectivity index (χ1v) is 10.7. The van der Waals surface area contributed by atoms with Crippen LogP contribution in [0.5, 0.6) is 5.75 Å². The van der Waals surface area contributed by atoms with Crippen LogP contribution in [-0.2, 0) is 16.0 Å². The molecule has 1 saturated heterocycles. The predicted octanol–water partition coefficient (Wildman–Crippen LogP) is 5.36. The van der Waals surface area contributed by atoms with Crippen LogP contribution in [0.4, 0.5) is 0 Å². The van der Waals surface area contributed by atoms with Crippen molar-refractivity contribution in [2.45, 2.75) is 12.5 Å². The number of carbonyl (C=O) groups is 2. The molecule has 1 heterocycles. The summed E-state index contributed by atoms with van der Waals surface area (Å²) in [6.45, 7) is 0.254. The van der Waals surface area contributed by atoms with Gasteiger partial charge < -0.3 is 15.1 Å². The number of aliphatic hydroxyl groups is 1. The molecule has 0 aromatic heterocycles. The molecule has 0 radical (unpaired) electrons. The van der Waals surface area contributed by atoms with Gasteiger partial charge in [0.1, 0.15) is 11.5 Å². The minimum absolute atomic E-state index is 0.0148. The standard InChI is InChI=1S/C25H19Cl2NO4/c26-18-8-4-15(5-9-18)12-13-28-22(16-6-10-20(29)11-7-16)21(24(31)25(28)32)23(30)17-2-1-3-19(27)14-17/h1-11,14,22,29-30H,12-13H2/b23-21-. The number of carbonyl (C=O) groups excluding carboxylic acids is 2. The van der Waals surface area contributed by atoms with E-state index in [4.69, 9.17) is 23.2 Å². The summed E-state index contributed by atoms with van der Waals surface area (Å²) in [4.78, 5) is 27.4. The minimum Gasteiger partial charge on any atom is -0.508 e. The van der Waals surface area contributed by atoms with E-state index < -0.39 is 17.7 Å². The molecule has 0 saturated carbocycles. The quantitative estimate of drug-likeness (QED) is 0.300. The highest BCUT2D eigenvalue weighted by Gasteiger charge is 2.45. The number of halogens is 2. The normalized spacial score (nSPS) is 17.7. The number of ketones is 1. The second-order valence-corrected chi connectivity index (χ2v) is 8.34. The van der Waals surface area contributed by atoms with Crippen LogP contribution in [0.3, 0.4) is 0 Å². The van der Waals surface area contributed by atoms with Crippen molar-refractivity contribution in [3.8, 4) is 5.75 Å². The van der Waals surface area contributed by atoms with E-state index in [0.717, 1.165) is 5.56 Å². The predicted molar refractivity (Wildman–Crippen MR) is 124 cm³/mol. The highest BCUT2D eigenvalue weighted by molar-refractivity contribution is 6.46. The molecule has 0 aliphatic carbocycles. The zero-order valence-electron chi connectivity index (χ0n) is 16.8. The number of aromatic hydroxyl groups is 1. The molecule has 1 aliphatic heterocycles. The number of likely N-dealkylation sites (tertiary alicyclic amines) is 1. The average molecular weight is 468 g/mol. The van der Waals surface area contributed by atoms with Gasteiger partial charge in [0, 0.05) is 22.2 Å². The summed E-state index contributed by atoms with van der Waals surface area (Å²) in [5, 5.41) is 21.7. The lowest BCUT2D eigenvalue weighted by molar-refractivity contribution is -0.139. The maximum absolute atomic E-state index is 13.0. The Morgan fingerprint density at radius 2 is 1.59 bits per heavy atom. The third-order valence-electron chi connectivity index (χ3n) is 5.40. The molecule has 3 aromatic carbocycles. The zero-order chi connectivity index (χ0) is 22.8. The third-order valence-corrected chi connectivity index (χ3v) is 5.89. The molecule has 5 nitrogen and oxygen atoms in total. The van der Waals surface area contributed by atoms with Gasteiger partial charge in [-0.2, -0.15) is 0 Å². The summed E-state index contributed by atoms with van der Waals surface area (Å²) >= 11 is 12.0. The zero-order valence-corrected chi connectivity index (χ0v) is 18.3. The van der Waals surface area contributed by atoms with E-state index in [0.29, 0.717) is 27.6 Å². The molecule has 7 heteroatoms. The van der Waals surface area contributed by atoms with Crippen LogP contribution >= 0.6 is 23.2 Å². The van der Waals surface area contributed by atoms with Gasteiger partial charge in [-0.3, -0.25) is 9.59 Å². The van der Waals surface area contributed by atoms with E-state index in [1.165, 1.54) is 23.1 Å². The molecule has 2 N–H and O–H groups in total. The number of hydrogen-bond donors (Lipinski definition) is 2. The summed E-state index contributed by atoms with van der Waals surface area (Å²) in [5.74, 6) is -1.70. The smallest absolute Gasteiger partial charge is 0.295 e. The molecule has 1 aliphatic rings. The maximum Gasteiger partial charge on any atom is 0.295 e. The van der Waals surface area contributed by atoms with Gasteiger partial charge in [-0.05, 0) is 53.9 Å². The van der Waals surface area contributed by atoms with E-state index in [9.17, 15) is 19.8 Å². The van der Waals surface area contributed by atoms with E-state index in [1.54, 1.807) is 42.5 Å². The van der Waals surface area contributed by atoms with Crippen molar-refractivity contribution < 1.29 is 19.8 Å². The molecule has 0 spiro atoms. The van der Waals surface area contributed by atoms with Gasteiger partial charge in [-0.15, -0.1) is 0 Å². The molecular weight excluding hydrogens is 449 g/mol. The Morgan fingerprint density at radius 3 is 2.25 bits per heavy atom. The van der Waals surface area contributed by atoms with Crippen molar-refractivity contribution in [3.05, 3.63) is 105 Å². The largest absolute Gasteiger partial charge is 0.508 e. The summed E-state index contributed by atoms with van der Waals surface area (Å²) in [5.41, 5.74) is 1.88. The van der Waals surface area contributed by atoms with Gasteiger partial charge in [-0.25, -0.2) is 0 Å². The number of hydrogen-bond acceptors (Lipinski definition) is 4. The molecule has 1 amide bonds. The lowest BCUT2D eigenvalue weighted by atomic mass is 9.95. The number of rotatable bonds is 5. The lowest BCUT2D eigenvalue weighted by Crippen LogP contribution is -2.31. The SMILES string of the molecule is O=C1C(=O)N(CCc2ccc(Cl)cc2)C(c2ccc(O)cc2)/C1=C(/O)c1cccc(Cl)c1. The molecule has 1 fully saturated rings. The topological polar surface area (TPSA) is 77.8 Å². The van der Waals surface area contributed by atoms with Crippen molar-refractivity contribution in [2.75, 3.05) is 6.54 Å². The highest BCUT2D eigenvalue weighted by atomic mass is 35.5. The third kappa shape index (κ3) is 4.35. The molecule has 1 atom stereocenters. The van der Waals surface area contributed by atoms with Crippen LogP contribution in [0.15, 0.2) is 78.4 Å². The fourth-order valence-electron chi connectivity index (χ4n) is 3.81. The summed E-state index contributed by atoms with van der Waals surface area (Å²) in [6, 6.07) is 19.1. The van der Waals surface area contributed by atoms with Crippen LogP contribution in [0.1, 0.15) is 22.7 Å². The Kier molecular flexibility index (Phi) is 6.21. The molecule has 4 rings (SSSR count). The Balaban J connectivity index is 1.77. The van der Waals surface area contributed by atoms with Crippen molar-refractivity contribution in [2.24, 2.45) is 0 Å². The van der Waals surface area contributed by atoms with Crippen LogP contribution < -0.4 is 0 Å². The van der Waals surface area contributed by atoms with Crippen molar-refractivity contribution in [1.82, 2.24) is 4.90 Å². The van der Waals surface area contributed by atoms with Crippen molar-refractivity contribution in [1.29, 1.82) is 0 Å². The van der Waals surface area contributed by atoms with E-state index in [1.807, 2.05) is 12.1 Å². The number of benzene rings is 3. The first-order chi connectivity index (χ1) is 15.3. The first-order valence-electron chi connectivity index (χ1n) is 9.93. The Hall–Kier alpha value is -3.28. The van der Waals surface area contributed by atoms with Crippen molar-refractivity contribution >= 4 is 40.7 Å². The van der Waals surface area contributed by atoms with Gasteiger partial charge in [-0.1, -0.05) is 59.6 Å². The van der Waals surface area contributed by atoms with Crippen LogP contribution in [0.2, 0.25) is 10.0 Å². The van der Waals surface area contributed by atoms with Gasteiger partial charge in [0.05, 0.1) is 11.6 Å².